The van der Waals surface area contributed by atoms with Gasteiger partial charge in [0.1, 0.15) is 30.8 Å². The topological polar surface area (TPSA) is 236 Å². The SMILES string of the molecule is C=C1/C=C\C=C/CCCC[C@H]1NC(=O)[C@@H]1C[C@H](NC(=O)c2ccc(NC(=O)c3ccc(C[C@H](NC(=O)OCC4c5ccccc5-c5ccccc54)C(=O)N4C[Si](C)C[C@H]4C(=O)N[C@@H]4CCCc5ccccc54)cc3)cc2)CN1C(=O)[C@@H](NC(=O)[C@H](C)NC)C(C)(C)C. The molecule has 0 unspecified atom stereocenters. The first kappa shape index (κ1) is 66.0. The highest BCUT2D eigenvalue weighted by Gasteiger charge is 2.47. The molecule has 0 aromatic heterocycles. The number of carbonyl (C=O) groups is 8. The van der Waals surface area contributed by atoms with E-state index >= 15 is 0 Å². The van der Waals surface area contributed by atoms with Crippen molar-refractivity contribution in [3.05, 3.63) is 197 Å². The number of hydrogen-bond donors (Lipinski definition) is 7. The predicted octanol–water partition coefficient (Wildman–Crippen LogP) is 9.02. The molecule has 2 aliphatic heterocycles. The summed E-state index contributed by atoms with van der Waals surface area (Å²) in [4.78, 5) is 117. The fourth-order valence-electron chi connectivity index (χ4n) is 13.3. The minimum absolute atomic E-state index is 0.0103. The number of hydrogen-bond acceptors (Lipinski definition) is 10. The van der Waals surface area contributed by atoms with E-state index < -0.39 is 80.2 Å². The van der Waals surface area contributed by atoms with Crippen molar-refractivity contribution in [3.63, 3.8) is 0 Å². The fraction of sp³-hybridized carbons (Fsp3) is 0.397. The monoisotopic (exact) mass is 1260 g/mol. The Kier molecular flexibility index (Phi) is 21.2. The van der Waals surface area contributed by atoms with Gasteiger partial charge < -0.3 is 51.8 Å². The summed E-state index contributed by atoms with van der Waals surface area (Å²) < 4.78 is 5.99. The maximum Gasteiger partial charge on any atom is 0.407 e. The number of nitrogens with one attached hydrogen (secondary N) is 7. The normalized spacial score (nSPS) is 21.4. The van der Waals surface area contributed by atoms with Crippen LogP contribution in [0.1, 0.15) is 133 Å². The van der Waals surface area contributed by atoms with E-state index in [2.05, 4.69) is 80.7 Å². The molecule has 0 spiro atoms. The third kappa shape index (κ3) is 15.7. The lowest BCUT2D eigenvalue weighted by atomic mass is 9.85. The van der Waals surface area contributed by atoms with Crippen LogP contribution in [0.3, 0.4) is 0 Å². The summed E-state index contributed by atoms with van der Waals surface area (Å²) in [5.41, 5.74) is 8.22. The van der Waals surface area contributed by atoms with Gasteiger partial charge in [-0.15, -0.1) is 0 Å². The average Bonchev–Trinajstić information content (AvgIpc) is 1.63. The van der Waals surface area contributed by atoms with Crippen LogP contribution in [0.5, 0.6) is 0 Å². The Labute approximate surface area is 541 Å². The van der Waals surface area contributed by atoms with E-state index in [0.29, 0.717) is 35.4 Å². The first-order valence-electron chi connectivity index (χ1n) is 32.3. The Morgan fingerprint density at radius 1 is 0.685 bits per heavy atom. The number of nitrogens with zero attached hydrogens (tertiary/aromatic N) is 2. The Hall–Kier alpha value is -8.94. The highest BCUT2D eigenvalue weighted by molar-refractivity contribution is 6.59. The zero-order valence-corrected chi connectivity index (χ0v) is 54.5. The van der Waals surface area contributed by atoms with E-state index in [1.807, 2.05) is 87.5 Å². The first-order valence-corrected chi connectivity index (χ1v) is 34.7. The lowest BCUT2D eigenvalue weighted by Crippen LogP contribution is -2.60. The van der Waals surface area contributed by atoms with Crippen molar-refractivity contribution >= 4 is 61.9 Å². The maximum absolute atomic E-state index is 15.0. The summed E-state index contributed by atoms with van der Waals surface area (Å²) in [6, 6.07) is 32.4. The Bertz CT molecular complexity index is 3590. The number of ether oxygens (including phenoxy) is 1. The largest absolute Gasteiger partial charge is 0.449 e. The minimum atomic E-state index is -1.14. The van der Waals surface area contributed by atoms with Crippen LogP contribution in [-0.4, -0.2) is 135 Å². The molecule has 5 aliphatic rings. The van der Waals surface area contributed by atoms with Crippen LogP contribution >= 0.6 is 0 Å². The number of aryl methyl sites for hydroxylation is 1. The molecule has 19 heteroatoms. The lowest BCUT2D eigenvalue weighted by molar-refractivity contribution is -0.144. The summed E-state index contributed by atoms with van der Waals surface area (Å²) in [7, 11) is 0.518. The van der Waals surface area contributed by atoms with Crippen molar-refractivity contribution in [2.45, 2.75) is 152 Å². The smallest absolute Gasteiger partial charge is 0.407 e. The Morgan fingerprint density at radius 2 is 1.32 bits per heavy atom. The van der Waals surface area contributed by atoms with Gasteiger partial charge in [0.2, 0.25) is 29.5 Å². The van der Waals surface area contributed by atoms with Gasteiger partial charge in [-0.05, 0) is 151 Å². The molecule has 3 aliphatic carbocycles. The number of benzene rings is 5. The molecule has 18 nitrogen and oxygen atoms in total. The van der Waals surface area contributed by atoms with Crippen molar-refractivity contribution < 1.29 is 43.1 Å². The van der Waals surface area contributed by atoms with Gasteiger partial charge in [0, 0.05) is 47.9 Å². The van der Waals surface area contributed by atoms with Crippen molar-refractivity contribution in [3.8, 4) is 11.1 Å². The van der Waals surface area contributed by atoms with Gasteiger partial charge in [0.25, 0.3) is 11.8 Å². The van der Waals surface area contributed by atoms with Crippen LogP contribution in [0.4, 0.5) is 10.5 Å². The number of likely N-dealkylation sites (N-methyl/N-ethyl adjacent to an activating group) is 1. The molecule has 5 aromatic rings. The molecule has 8 atom stereocenters. The number of amides is 8. The summed E-state index contributed by atoms with van der Waals surface area (Å²) in [6.45, 7) is 13.6. The third-order valence-corrected chi connectivity index (χ3v) is 20.5. The molecule has 1 radical (unpaired) electrons. The fourth-order valence-corrected chi connectivity index (χ4v) is 15.4. The molecule has 2 heterocycles. The molecule has 0 bridgehead atoms. The van der Waals surface area contributed by atoms with Gasteiger partial charge >= 0.3 is 6.09 Å². The van der Waals surface area contributed by atoms with Crippen LogP contribution in [0.25, 0.3) is 11.1 Å². The number of fused-ring (bicyclic) bond motifs is 4. The van der Waals surface area contributed by atoms with E-state index in [9.17, 15) is 38.4 Å². The standard InChI is InChI=1S/C73H86N9O9Si/c1-45-21-12-10-8-9-11-13-29-59(45)77-68(86)62-40-52(41-81(62)71(89)64(73(3,4)5)80-65(83)46(2)74-6)76-67(85)50-35-37-51(38-36-50)75-66(84)49-33-31-47(32-34-49)39-61(79-72(90)91-42-58-56-27-18-16-25-54(56)55-26-17-19-28-57(55)58)70(88)82-44-92(7)43-63(82)69(87)78-60-30-20-23-48-22-14-15-24-53(48)60/h8,10,12,14-19,21-22,24-28,31-38,46,52,58-64,74H,1,9,11,13,20,23,29-30,39-44H2,2-7H3,(H,75,84)(H,76,85)(H,77,86)(H,78,87)(H,79,90)(H,80,83)/b10-8-,21-12-/t46-,52-,59+,60+,61-,62-,63-,64+/m0/s1. The van der Waals surface area contributed by atoms with Crippen LogP contribution in [0.15, 0.2) is 158 Å². The summed E-state index contributed by atoms with van der Waals surface area (Å²) in [5.74, 6) is -2.88. The predicted molar refractivity (Wildman–Crippen MR) is 358 cm³/mol. The van der Waals surface area contributed by atoms with Crippen molar-refractivity contribution in [1.82, 2.24) is 41.7 Å². The zero-order chi connectivity index (χ0) is 65.2. The average molecular weight is 1260 g/mol. The molecule has 5 aromatic carbocycles. The highest BCUT2D eigenvalue weighted by Crippen LogP contribution is 2.44. The maximum atomic E-state index is 15.0. The molecule has 0 saturated carbocycles. The number of alkyl carbamates (subject to hydrolysis) is 1. The van der Waals surface area contributed by atoms with Gasteiger partial charge in [-0.2, -0.15) is 0 Å². The van der Waals surface area contributed by atoms with Gasteiger partial charge in [0.15, 0.2) is 0 Å². The van der Waals surface area contributed by atoms with Crippen molar-refractivity contribution in [1.29, 1.82) is 0 Å². The van der Waals surface area contributed by atoms with Gasteiger partial charge in [-0.25, -0.2) is 4.79 Å². The quantitative estimate of drug-likeness (QED) is 0.0411. The Balaban J connectivity index is 0.804. The number of carbonyl (C=O) groups excluding carboxylic acids is 8. The molecule has 8 amide bonds. The number of anilines is 1. The van der Waals surface area contributed by atoms with E-state index in [4.69, 9.17) is 4.74 Å². The zero-order valence-electron chi connectivity index (χ0n) is 53.5. The summed E-state index contributed by atoms with van der Waals surface area (Å²) >= 11 is 0. The van der Waals surface area contributed by atoms with Gasteiger partial charge in [0.05, 0.1) is 26.9 Å². The van der Waals surface area contributed by atoms with Crippen molar-refractivity contribution in [2.24, 2.45) is 5.41 Å². The number of likely N-dealkylation sites (tertiary alicyclic amines) is 1. The molecule has 7 N–H and O–H groups in total. The third-order valence-electron chi connectivity index (χ3n) is 18.5. The molecular formula is C73H86N9O9Si. The van der Waals surface area contributed by atoms with E-state index in [-0.39, 0.29) is 67.3 Å². The number of rotatable bonds is 18. The molecule has 2 saturated heterocycles. The van der Waals surface area contributed by atoms with Crippen LogP contribution in [-0.2, 0) is 41.6 Å². The molecular weight excluding hydrogens is 1170 g/mol. The molecule has 92 heavy (non-hydrogen) atoms. The van der Waals surface area contributed by atoms with E-state index in [0.717, 1.165) is 71.9 Å². The summed E-state index contributed by atoms with van der Waals surface area (Å²) in [6.07, 6.45) is 13.7. The van der Waals surface area contributed by atoms with Gasteiger partial charge in [-0.3, -0.25) is 33.6 Å². The summed E-state index contributed by atoms with van der Waals surface area (Å²) in [5, 5.41) is 21.1. The van der Waals surface area contributed by atoms with Crippen LogP contribution in [0, 0.1) is 5.41 Å². The molecule has 481 valence electrons. The second kappa shape index (κ2) is 29.6. The highest BCUT2D eigenvalue weighted by atomic mass is 28.3. The second-order valence-electron chi connectivity index (χ2n) is 26.2. The minimum Gasteiger partial charge on any atom is -0.449 e. The number of allylic oxidation sites excluding steroid dienone is 3. The molecule has 2 fully saturated rings. The van der Waals surface area contributed by atoms with Crippen molar-refractivity contribution in [2.75, 3.05) is 31.7 Å². The van der Waals surface area contributed by atoms with Gasteiger partial charge in [-0.1, -0.05) is 150 Å². The van der Waals surface area contributed by atoms with Crippen LogP contribution < -0.4 is 37.2 Å². The first-order chi connectivity index (χ1) is 44.2. The van der Waals surface area contributed by atoms with E-state index in [1.54, 1.807) is 67.4 Å². The van der Waals surface area contributed by atoms with Crippen LogP contribution in [0.2, 0.25) is 12.6 Å². The molecule has 10 rings (SSSR count). The second-order valence-corrected chi connectivity index (χ2v) is 28.8. The lowest BCUT2D eigenvalue weighted by Gasteiger charge is -2.36. The van der Waals surface area contributed by atoms with E-state index in [1.165, 1.54) is 10.5 Å². The Morgan fingerprint density at radius 3 is 2.01 bits per heavy atom.